The van der Waals surface area contributed by atoms with Crippen LogP contribution >= 0.6 is 11.6 Å². The van der Waals surface area contributed by atoms with Gasteiger partial charge in [-0.15, -0.1) is 0 Å². The summed E-state index contributed by atoms with van der Waals surface area (Å²) in [5.74, 6) is 0.827. The van der Waals surface area contributed by atoms with Gasteiger partial charge in [0.1, 0.15) is 10.9 Å². The van der Waals surface area contributed by atoms with Gasteiger partial charge in [0.05, 0.1) is 29.7 Å². The number of nitrogen functional groups attached to an aromatic ring is 1. The average Bonchev–Trinajstić information content (AvgIpc) is 2.69. The van der Waals surface area contributed by atoms with E-state index in [0.717, 1.165) is 11.5 Å². The number of aromatic nitrogens is 2. The zero-order chi connectivity index (χ0) is 14.0. The summed E-state index contributed by atoms with van der Waals surface area (Å²) in [5, 5.41) is 2.87. The molecule has 100 valence electrons. The van der Waals surface area contributed by atoms with Gasteiger partial charge in [-0.1, -0.05) is 11.6 Å². The summed E-state index contributed by atoms with van der Waals surface area (Å²) in [6, 6.07) is 1.41. The molecular weight excluding hydrogens is 268 g/mol. The molecule has 0 bridgehead atoms. The first kappa shape index (κ1) is 13.4. The third kappa shape index (κ3) is 3.03. The predicted molar refractivity (Wildman–Crippen MR) is 70.8 cm³/mol. The van der Waals surface area contributed by atoms with Gasteiger partial charge in [0, 0.05) is 0 Å². The fourth-order valence-corrected chi connectivity index (χ4v) is 1.66. The van der Waals surface area contributed by atoms with E-state index in [2.05, 4.69) is 15.3 Å². The summed E-state index contributed by atoms with van der Waals surface area (Å²) in [6.45, 7) is 3.84. The van der Waals surface area contributed by atoms with Gasteiger partial charge in [-0.3, -0.25) is 4.79 Å². The second kappa shape index (κ2) is 5.27. The molecule has 0 aliphatic rings. The SMILES string of the molecule is Cc1nc(CNC(=O)c2cc(Cl)ncc2N)oc1C. The average molecular weight is 281 g/mol. The summed E-state index contributed by atoms with van der Waals surface area (Å²) < 4.78 is 5.36. The third-order valence-corrected chi connectivity index (χ3v) is 2.83. The van der Waals surface area contributed by atoms with Crippen LogP contribution in [0.2, 0.25) is 5.15 Å². The number of pyridine rings is 1. The quantitative estimate of drug-likeness (QED) is 0.837. The van der Waals surface area contributed by atoms with E-state index in [0.29, 0.717) is 5.89 Å². The van der Waals surface area contributed by atoms with Crippen LogP contribution < -0.4 is 11.1 Å². The second-order valence-corrected chi connectivity index (χ2v) is 4.41. The number of carbonyl (C=O) groups excluding carboxylic acids is 1. The molecule has 19 heavy (non-hydrogen) atoms. The first-order valence-corrected chi connectivity index (χ1v) is 5.97. The minimum absolute atomic E-state index is 0.187. The first-order valence-electron chi connectivity index (χ1n) is 5.59. The van der Waals surface area contributed by atoms with E-state index in [-0.39, 0.29) is 28.9 Å². The van der Waals surface area contributed by atoms with E-state index in [1.54, 1.807) is 0 Å². The Labute approximate surface area is 115 Å². The highest BCUT2D eigenvalue weighted by molar-refractivity contribution is 6.29. The second-order valence-electron chi connectivity index (χ2n) is 4.03. The summed E-state index contributed by atoms with van der Waals surface area (Å²) in [5.41, 5.74) is 7.01. The Kier molecular flexibility index (Phi) is 3.71. The number of oxazole rings is 1. The van der Waals surface area contributed by atoms with Gasteiger partial charge in [-0.05, 0) is 19.9 Å². The zero-order valence-electron chi connectivity index (χ0n) is 10.5. The highest BCUT2D eigenvalue weighted by atomic mass is 35.5. The highest BCUT2D eigenvalue weighted by Gasteiger charge is 2.12. The lowest BCUT2D eigenvalue weighted by atomic mass is 10.2. The van der Waals surface area contributed by atoms with Gasteiger partial charge in [0.25, 0.3) is 5.91 Å². The van der Waals surface area contributed by atoms with Crippen LogP contribution in [0.25, 0.3) is 0 Å². The number of hydrogen-bond acceptors (Lipinski definition) is 5. The van der Waals surface area contributed by atoms with Gasteiger partial charge in [0.15, 0.2) is 0 Å². The molecule has 0 saturated heterocycles. The number of nitrogens with two attached hydrogens (primary N) is 1. The maximum atomic E-state index is 11.9. The Bertz CT molecular complexity index is 605. The van der Waals surface area contributed by atoms with Crippen LogP contribution in [0, 0.1) is 13.8 Å². The molecule has 3 N–H and O–H groups in total. The topological polar surface area (TPSA) is 94.0 Å². The van der Waals surface area contributed by atoms with Crippen LogP contribution in [-0.2, 0) is 6.54 Å². The number of nitrogens with zero attached hydrogens (tertiary/aromatic N) is 2. The van der Waals surface area contributed by atoms with Crippen molar-refractivity contribution in [1.29, 1.82) is 0 Å². The third-order valence-electron chi connectivity index (χ3n) is 2.62. The van der Waals surface area contributed by atoms with Crippen molar-refractivity contribution < 1.29 is 9.21 Å². The summed E-state index contributed by atoms with van der Waals surface area (Å²) in [4.78, 5) is 19.9. The van der Waals surface area contributed by atoms with E-state index in [9.17, 15) is 4.79 Å². The molecule has 0 atom stereocenters. The van der Waals surface area contributed by atoms with Crippen molar-refractivity contribution in [3.05, 3.63) is 40.3 Å². The minimum Gasteiger partial charge on any atom is -0.444 e. The minimum atomic E-state index is -0.352. The van der Waals surface area contributed by atoms with Crippen LogP contribution in [-0.4, -0.2) is 15.9 Å². The van der Waals surface area contributed by atoms with E-state index >= 15 is 0 Å². The van der Waals surface area contributed by atoms with E-state index in [1.165, 1.54) is 12.3 Å². The van der Waals surface area contributed by atoms with Crippen molar-refractivity contribution in [2.45, 2.75) is 20.4 Å². The Morgan fingerprint density at radius 2 is 2.26 bits per heavy atom. The van der Waals surface area contributed by atoms with E-state index in [1.807, 2.05) is 13.8 Å². The zero-order valence-corrected chi connectivity index (χ0v) is 11.3. The fourth-order valence-electron chi connectivity index (χ4n) is 1.50. The van der Waals surface area contributed by atoms with Gasteiger partial charge >= 0.3 is 0 Å². The van der Waals surface area contributed by atoms with Gasteiger partial charge in [-0.2, -0.15) is 0 Å². The molecule has 1 amide bonds. The van der Waals surface area contributed by atoms with Crippen molar-refractivity contribution in [1.82, 2.24) is 15.3 Å². The van der Waals surface area contributed by atoms with Gasteiger partial charge < -0.3 is 15.5 Å². The standard InChI is InChI=1S/C12H13ClN4O2/c1-6-7(2)19-11(17-6)5-16-12(18)8-3-10(13)15-4-9(8)14/h3-4H,5,14H2,1-2H3,(H,16,18). The molecule has 0 aromatic carbocycles. The Morgan fingerprint density at radius 1 is 1.53 bits per heavy atom. The number of anilines is 1. The van der Waals surface area contributed by atoms with Crippen LogP contribution in [0.1, 0.15) is 27.7 Å². The van der Waals surface area contributed by atoms with Crippen molar-refractivity contribution in [2.24, 2.45) is 0 Å². The number of hydrogen-bond donors (Lipinski definition) is 2. The molecule has 2 heterocycles. The smallest absolute Gasteiger partial charge is 0.253 e. The molecule has 2 aromatic rings. The molecule has 0 aliphatic carbocycles. The monoisotopic (exact) mass is 280 g/mol. The molecule has 7 heteroatoms. The van der Waals surface area contributed by atoms with Gasteiger partial charge in [0.2, 0.25) is 5.89 Å². The van der Waals surface area contributed by atoms with Gasteiger partial charge in [-0.25, -0.2) is 9.97 Å². The number of carbonyl (C=O) groups is 1. The number of nitrogens with one attached hydrogen (secondary N) is 1. The molecule has 0 saturated carbocycles. The summed E-state index contributed by atoms with van der Waals surface area (Å²) >= 11 is 5.72. The maximum Gasteiger partial charge on any atom is 0.253 e. The molecular formula is C12H13ClN4O2. The summed E-state index contributed by atoms with van der Waals surface area (Å²) in [7, 11) is 0. The highest BCUT2D eigenvalue weighted by Crippen LogP contribution is 2.15. The molecule has 0 fully saturated rings. The Hall–Kier alpha value is -2.08. The lowest BCUT2D eigenvalue weighted by molar-refractivity contribution is 0.0948. The van der Waals surface area contributed by atoms with Crippen molar-refractivity contribution in [3.8, 4) is 0 Å². The first-order chi connectivity index (χ1) is 8.97. The molecule has 0 aliphatic heterocycles. The lowest BCUT2D eigenvalue weighted by Gasteiger charge is -2.05. The lowest BCUT2D eigenvalue weighted by Crippen LogP contribution is -2.24. The Morgan fingerprint density at radius 3 is 2.89 bits per heavy atom. The van der Waals surface area contributed by atoms with E-state index in [4.69, 9.17) is 21.8 Å². The molecule has 2 aromatic heterocycles. The number of rotatable bonds is 3. The Balaban J connectivity index is 2.07. The maximum absolute atomic E-state index is 11.9. The van der Waals surface area contributed by atoms with E-state index < -0.39 is 0 Å². The van der Waals surface area contributed by atoms with Crippen LogP contribution in [0.4, 0.5) is 5.69 Å². The number of halogens is 1. The normalized spacial score (nSPS) is 10.5. The molecule has 0 unspecified atom stereocenters. The molecule has 0 spiro atoms. The van der Waals surface area contributed by atoms with Crippen LogP contribution in [0.5, 0.6) is 0 Å². The largest absolute Gasteiger partial charge is 0.444 e. The van der Waals surface area contributed by atoms with Crippen molar-refractivity contribution in [3.63, 3.8) is 0 Å². The summed E-state index contributed by atoms with van der Waals surface area (Å²) in [6.07, 6.45) is 1.34. The van der Waals surface area contributed by atoms with Crippen molar-refractivity contribution in [2.75, 3.05) is 5.73 Å². The van der Waals surface area contributed by atoms with Crippen LogP contribution in [0.15, 0.2) is 16.7 Å². The van der Waals surface area contributed by atoms with Crippen LogP contribution in [0.3, 0.4) is 0 Å². The molecule has 2 rings (SSSR count). The molecule has 0 radical (unpaired) electrons. The fraction of sp³-hybridized carbons (Fsp3) is 0.250. The number of amides is 1. The van der Waals surface area contributed by atoms with Crippen molar-refractivity contribution >= 4 is 23.2 Å². The predicted octanol–water partition coefficient (Wildman–Crippen LogP) is 1.85. The molecule has 6 nitrogen and oxygen atoms in total. The number of aryl methyl sites for hydroxylation is 2.